The number of amides is 2. The molecular weight excluding hydrogens is 599 g/mol. The van der Waals surface area contributed by atoms with Crippen LogP contribution in [-0.2, 0) is 9.59 Å². The number of anilines is 1. The fourth-order valence-corrected chi connectivity index (χ4v) is 6.96. The number of carbonyl (C=O) groups excluding carboxylic acids is 2. The molecule has 0 aliphatic heterocycles. The summed E-state index contributed by atoms with van der Waals surface area (Å²) in [5, 5.41) is 18.4. The second kappa shape index (κ2) is 13.6. The fraction of sp³-hybridized carbons (Fsp3) is 0.0968. The average Bonchev–Trinajstić information content (AvgIpc) is 3.69. The summed E-state index contributed by atoms with van der Waals surface area (Å²) in [7, 11) is 0. The van der Waals surface area contributed by atoms with Crippen molar-refractivity contribution in [2.75, 3.05) is 16.8 Å². The number of benzene rings is 4. The topological polar surface area (TPSA) is 115 Å². The molecular formula is C31H25N7O2S3. The Morgan fingerprint density at radius 2 is 1.44 bits per heavy atom. The second-order valence-electron chi connectivity index (χ2n) is 9.32. The summed E-state index contributed by atoms with van der Waals surface area (Å²) in [6, 6.07) is 34.7. The van der Waals surface area contributed by atoms with E-state index in [1.54, 1.807) is 4.68 Å². The van der Waals surface area contributed by atoms with E-state index in [0.29, 0.717) is 10.8 Å². The first-order valence-corrected chi connectivity index (χ1v) is 16.1. The standard InChI is InChI=1S/C31H25N7O2S3/c39-27(19-41-30-35-36-37-38(30)24-14-8-3-9-15-24)32-23-16-17-25-26(18-23)43-31(33-25)42-20-28(40)34-29(21-10-4-1-5-11-21)22-12-6-2-7-13-22/h1-18,29H,19-20H2,(H,32,39)(H,34,40). The van der Waals surface area contributed by atoms with Gasteiger partial charge in [-0.15, -0.1) is 16.4 Å². The number of para-hydroxylation sites is 1. The number of thioether (sulfide) groups is 2. The molecule has 0 aliphatic rings. The van der Waals surface area contributed by atoms with Crippen molar-refractivity contribution in [3.8, 4) is 5.69 Å². The van der Waals surface area contributed by atoms with Gasteiger partial charge in [-0.3, -0.25) is 9.59 Å². The summed E-state index contributed by atoms with van der Waals surface area (Å²) < 4.78 is 3.31. The SMILES string of the molecule is O=C(CSc1nnnn1-c1ccccc1)Nc1ccc2nc(SCC(=O)NC(c3ccccc3)c3ccccc3)sc2c1. The number of thiazole rings is 1. The molecule has 0 atom stereocenters. The van der Waals surface area contributed by atoms with E-state index in [0.717, 1.165) is 31.4 Å². The predicted octanol–water partition coefficient (Wildman–Crippen LogP) is 6.00. The average molecular weight is 624 g/mol. The molecule has 0 saturated carbocycles. The third-order valence-electron chi connectivity index (χ3n) is 6.32. The van der Waals surface area contributed by atoms with Gasteiger partial charge >= 0.3 is 0 Å². The molecule has 2 aromatic heterocycles. The third-order valence-corrected chi connectivity index (χ3v) is 9.40. The zero-order valence-electron chi connectivity index (χ0n) is 22.7. The van der Waals surface area contributed by atoms with Gasteiger partial charge in [-0.05, 0) is 51.9 Å². The number of rotatable bonds is 11. The van der Waals surface area contributed by atoms with Crippen LogP contribution in [-0.4, -0.2) is 48.5 Å². The predicted molar refractivity (Wildman–Crippen MR) is 172 cm³/mol. The molecule has 0 fully saturated rings. The second-order valence-corrected chi connectivity index (χ2v) is 12.5. The molecule has 12 heteroatoms. The number of nitrogens with one attached hydrogen (secondary N) is 2. The van der Waals surface area contributed by atoms with Gasteiger partial charge in [0.15, 0.2) is 4.34 Å². The highest BCUT2D eigenvalue weighted by Crippen LogP contribution is 2.32. The minimum atomic E-state index is -0.235. The van der Waals surface area contributed by atoms with Crippen molar-refractivity contribution >= 4 is 62.6 Å². The molecule has 0 unspecified atom stereocenters. The maximum absolute atomic E-state index is 13.0. The number of fused-ring (bicyclic) bond motifs is 1. The molecule has 2 heterocycles. The molecule has 2 amide bonds. The number of carbonyl (C=O) groups is 2. The lowest BCUT2D eigenvalue weighted by Crippen LogP contribution is -2.30. The summed E-state index contributed by atoms with van der Waals surface area (Å²) in [4.78, 5) is 30.4. The maximum atomic E-state index is 13.0. The van der Waals surface area contributed by atoms with E-state index in [1.807, 2.05) is 109 Å². The lowest BCUT2D eigenvalue weighted by Gasteiger charge is -2.19. The van der Waals surface area contributed by atoms with Crippen LogP contribution >= 0.6 is 34.9 Å². The van der Waals surface area contributed by atoms with Gasteiger partial charge in [-0.2, -0.15) is 4.68 Å². The van der Waals surface area contributed by atoms with Gasteiger partial charge in [-0.1, -0.05) is 102 Å². The summed E-state index contributed by atoms with van der Waals surface area (Å²) in [5.41, 5.74) is 4.36. The summed E-state index contributed by atoms with van der Waals surface area (Å²) in [6.45, 7) is 0. The van der Waals surface area contributed by atoms with Crippen LogP contribution in [0.2, 0.25) is 0 Å². The highest BCUT2D eigenvalue weighted by molar-refractivity contribution is 8.01. The molecule has 0 radical (unpaired) electrons. The normalized spacial score (nSPS) is 11.1. The fourth-order valence-electron chi connectivity index (χ4n) is 4.35. The van der Waals surface area contributed by atoms with Crippen molar-refractivity contribution in [1.29, 1.82) is 0 Å². The van der Waals surface area contributed by atoms with Crippen molar-refractivity contribution in [3.63, 3.8) is 0 Å². The summed E-state index contributed by atoms with van der Waals surface area (Å²) >= 11 is 4.14. The zero-order valence-corrected chi connectivity index (χ0v) is 25.1. The first kappa shape index (κ1) is 28.6. The van der Waals surface area contributed by atoms with E-state index < -0.39 is 0 Å². The highest BCUT2D eigenvalue weighted by atomic mass is 32.2. The van der Waals surface area contributed by atoms with Crippen LogP contribution in [0.1, 0.15) is 17.2 Å². The van der Waals surface area contributed by atoms with E-state index in [2.05, 4.69) is 31.1 Å². The molecule has 4 aromatic carbocycles. The number of hydrogen-bond donors (Lipinski definition) is 2. The third kappa shape index (κ3) is 7.28. The summed E-state index contributed by atoms with van der Waals surface area (Å²) in [5.74, 6) is 0.135. The largest absolute Gasteiger partial charge is 0.344 e. The molecule has 0 aliphatic carbocycles. The Morgan fingerprint density at radius 1 is 0.791 bits per heavy atom. The Hall–Kier alpha value is -4.52. The number of aromatic nitrogens is 5. The first-order chi connectivity index (χ1) is 21.1. The number of nitrogens with zero attached hydrogens (tertiary/aromatic N) is 5. The monoisotopic (exact) mass is 623 g/mol. The Kier molecular flexibility index (Phi) is 9.07. The first-order valence-electron chi connectivity index (χ1n) is 13.3. The van der Waals surface area contributed by atoms with E-state index in [9.17, 15) is 9.59 Å². The van der Waals surface area contributed by atoms with Gasteiger partial charge in [0.2, 0.25) is 17.0 Å². The smallest absolute Gasteiger partial charge is 0.234 e. The van der Waals surface area contributed by atoms with E-state index in [-0.39, 0.29) is 29.4 Å². The number of hydrogen-bond acceptors (Lipinski definition) is 9. The van der Waals surface area contributed by atoms with Crippen molar-refractivity contribution in [1.82, 2.24) is 30.5 Å². The molecule has 43 heavy (non-hydrogen) atoms. The van der Waals surface area contributed by atoms with Gasteiger partial charge in [0, 0.05) is 5.69 Å². The lowest BCUT2D eigenvalue weighted by molar-refractivity contribution is -0.119. The van der Waals surface area contributed by atoms with Crippen molar-refractivity contribution in [2.24, 2.45) is 0 Å². The molecule has 2 N–H and O–H groups in total. The van der Waals surface area contributed by atoms with Crippen LogP contribution in [0, 0.1) is 0 Å². The van der Waals surface area contributed by atoms with E-state index in [4.69, 9.17) is 0 Å². The molecule has 0 saturated heterocycles. The van der Waals surface area contributed by atoms with E-state index in [1.165, 1.54) is 34.9 Å². The van der Waals surface area contributed by atoms with Crippen LogP contribution in [0.3, 0.4) is 0 Å². The number of tetrazole rings is 1. The minimum absolute atomic E-state index is 0.0780. The Bertz CT molecular complexity index is 1790. The lowest BCUT2D eigenvalue weighted by atomic mass is 9.99. The Morgan fingerprint density at radius 3 is 2.14 bits per heavy atom. The molecule has 214 valence electrons. The van der Waals surface area contributed by atoms with Gasteiger partial charge in [0.05, 0.1) is 33.5 Å². The van der Waals surface area contributed by atoms with E-state index >= 15 is 0 Å². The van der Waals surface area contributed by atoms with Gasteiger partial charge in [0.1, 0.15) is 0 Å². The van der Waals surface area contributed by atoms with Crippen molar-refractivity contribution < 1.29 is 9.59 Å². The van der Waals surface area contributed by atoms with Crippen LogP contribution in [0.5, 0.6) is 0 Å². The van der Waals surface area contributed by atoms with Crippen molar-refractivity contribution in [2.45, 2.75) is 15.5 Å². The molecule has 0 bridgehead atoms. The van der Waals surface area contributed by atoms with Crippen LogP contribution < -0.4 is 10.6 Å². The molecule has 6 aromatic rings. The Labute approximate surface area is 260 Å². The Balaban J connectivity index is 1.05. The maximum Gasteiger partial charge on any atom is 0.234 e. The van der Waals surface area contributed by atoms with Gasteiger partial charge in [0.25, 0.3) is 0 Å². The quantitative estimate of drug-likeness (QED) is 0.169. The van der Waals surface area contributed by atoms with Gasteiger partial charge in [-0.25, -0.2) is 4.98 Å². The van der Waals surface area contributed by atoms with Crippen molar-refractivity contribution in [3.05, 3.63) is 120 Å². The minimum Gasteiger partial charge on any atom is -0.344 e. The molecule has 0 spiro atoms. The summed E-state index contributed by atoms with van der Waals surface area (Å²) in [6.07, 6.45) is 0. The van der Waals surface area contributed by atoms with Gasteiger partial charge < -0.3 is 10.6 Å². The van der Waals surface area contributed by atoms with Crippen LogP contribution in [0.4, 0.5) is 5.69 Å². The molecule has 6 rings (SSSR count). The van der Waals surface area contributed by atoms with Crippen LogP contribution in [0.15, 0.2) is 119 Å². The zero-order chi connectivity index (χ0) is 29.4. The highest BCUT2D eigenvalue weighted by Gasteiger charge is 2.18. The van der Waals surface area contributed by atoms with Crippen LogP contribution in [0.25, 0.3) is 15.9 Å². The molecule has 9 nitrogen and oxygen atoms in total.